The molecule has 2 aromatic carbocycles. The van der Waals surface area contributed by atoms with Gasteiger partial charge in [-0.15, -0.1) is 0 Å². The van der Waals surface area contributed by atoms with Crippen LogP contribution in [0.1, 0.15) is 15.9 Å². The summed E-state index contributed by atoms with van der Waals surface area (Å²) in [5.41, 5.74) is 4.53. The fraction of sp³-hybridized carbons (Fsp3) is 0.238. The van der Waals surface area contributed by atoms with Crippen LogP contribution in [0.2, 0.25) is 0 Å². The van der Waals surface area contributed by atoms with Gasteiger partial charge in [0.25, 0.3) is 5.91 Å². The van der Waals surface area contributed by atoms with Gasteiger partial charge >= 0.3 is 0 Å². The second-order valence-corrected chi connectivity index (χ2v) is 7.68. The molecular formula is C21H21N3OS. The van der Waals surface area contributed by atoms with Gasteiger partial charge in [-0.05, 0) is 25.1 Å². The van der Waals surface area contributed by atoms with Gasteiger partial charge in [0.2, 0.25) is 0 Å². The lowest BCUT2D eigenvalue weighted by atomic mass is 10.1. The Kier molecular flexibility index (Phi) is 4.80. The van der Waals surface area contributed by atoms with Crippen LogP contribution in [0, 0.1) is 6.92 Å². The molecule has 1 amide bonds. The molecule has 1 aliphatic heterocycles. The van der Waals surface area contributed by atoms with Gasteiger partial charge in [-0.2, -0.15) is 11.8 Å². The lowest BCUT2D eigenvalue weighted by Gasteiger charge is -2.27. The fourth-order valence-corrected chi connectivity index (χ4v) is 4.06. The summed E-state index contributed by atoms with van der Waals surface area (Å²) in [4.78, 5) is 19.6. The molecule has 0 saturated carbocycles. The van der Waals surface area contributed by atoms with E-state index in [0.29, 0.717) is 5.56 Å². The van der Waals surface area contributed by atoms with E-state index in [9.17, 15) is 4.79 Å². The Morgan fingerprint density at radius 2 is 1.81 bits per heavy atom. The molecule has 2 heterocycles. The fourth-order valence-electron chi connectivity index (χ4n) is 3.16. The van der Waals surface area contributed by atoms with Gasteiger partial charge in [0, 0.05) is 41.9 Å². The maximum Gasteiger partial charge on any atom is 0.257 e. The summed E-state index contributed by atoms with van der Waals surface area (Å²) in [7, 11) is 0. The number of aromatic nitrogens is 1. The van der Waals surface area contributed by atoms with E-state index in [2.05, 4.69) is 29.4 Å². The van der Waals surface area contributed by atoms with E-state index in [0.717, 1.165) is 46.9 Å². The van der Waals surface area contributed by atoms with E-state index in [1.54, 1.807) is 6.20 Å². The van der Waals surface area contributed by atoms with Crippen LogP contribution in [0.25, 0.3) is 10.9 Å². The average Bonchev–Trinajstić information content (AvgIpc) is 2.70. The monoisotopic (exact) mass is 363 g/mol. The van der Waals surface area contributed by atoms with Crippen molar-refractivity contribution in [1.82, 2.24) is 9.88 Å². The van der Waals surface area contributed by atoms with Crippen molar-refractivity contribution < 1.29 is 4.79 Å². The average molecular weight is 363 g/mol. The third-order valence-electron chi connectivity index (χ3n) is 4.63. The number of fused-ring (bicyclic) bond motifs is 1. The van der Waals surface area contributed by atoms with Gasteiger partial charge in [-0.3, -0.25) is 9.78 Å². The Hall–Kier alpha value is -2.53. The van der Waals surface area contributed by atoms with Crippen molar-refractivity contribution in [3.05, 3.63) is 65.9 Å². The molecule has 0 aliphatic carbocycles. The molecule has 0 atom stereocenters. The molecule has 132 valence electrons. The van der Waals surface area contributed by atoms with Crippen LogP contribution in [0.15, 0.2) is 54.7 Å². The number of para-hydroxylation sites is 1. The number of anilines is 2. The molecule has 0 bridgehead atoms. The smallest absolute Gasteiger partial charge is 0.257 e. The second-order valence-electron chi connectivity index (χ2n) is 6.46. The summed E-state index contributed by atoms with van der Waals surface area (Å²) < 4.78 is 0. The largest absolute Gasteiger partial charge is 0.354 e. The summed E-state index contributed by atoms with van der Waals surface area (Å²) in [5, 5.41) is 4.43. The number of pyridine rings is 1. The van der Waals surface area contributed by atoms with Gasteiger partial charge in [0.05, 0.1) is 16.8 Å². The normalized spacial score (nSPS) is 14.4. The van der Waals surface area contributed by atoms with E-state index >= 15 is 0 Å². The third kappa shape index (κ3) is 3.40. The quantitative estimate of drug-likeness (QED) is 0.745. The molecular weight excluding hydrogens is 342 g/mol. The van der Waals surface area contributed by atoms with Crippen molar-refractivity contribution in [3.8, 4) is 0 Å². The summed E-state index contributed by atoms with van der Waals surface area (Å²) in [6, 6.07) is 16.1. The van der Waals surface area contributed by atoms with Crippen molar-refractivity contribution in [2.24, 2.45) is 0 Å². The first-order valence-electron chi connectivity index (χ1n) is 8.81. The molecule has 1 aliphatic rings. The number of hydrogen-bond acceptors (Lipinski definition) is 4. The topological polar surface area (TPSA) is 45.2 Å². The zero-order chi connectivity index (χ0) is 17.9. The lowest BCUT2D eigenvalue weighted by Crippen LogP contribution is -2.38. The van der Waals surface area contributed by atoms with Gasteiger partial charge in [0.1, 0.15) is 0 Å². The van der Waals surface area contributed by atoms with Crippen molar-refractivity contribution in [2.45, 2.75) is 6.92 Å². The van der Waals surface area contributed by atoms with Crippen molar-refractivity contribution in [1.29, 1.82) is 0 Å². The van der Waals surface area contributed by atoms with E-state index in [1.165, 1.54) is 5.56 Å². The molecule has 26 heavy (non-hydrogen) atoms. The summed E-state index contributed by atoms with van der Waals surface area (Å²) in [6.07, 6.45) is 1.71. The number of benzene rings is 2. The maximum absolute atomic E-state index is 13.1. The van der Waals surface area contributed by atoms with E-state index < -0.39 is 0 Å². The van der Waals surface area contributed by atoms with Gasteiger partial charge < -0.3 is 10.2 Å². The molecule has 1 aromatic heterocycles. The van der Waals surface area contributed by atoms with Crippen LogP contribution in [-0.4, -0.2) is 40.4 Å². The number of rotatable bonds is 3. The number of carbonyl (C=O) groups is 1. The van der Waals surface area contributed by atoms with E-state index in [4.69, 9.17) is 0 Å². The van der Waals surface area contributed by atoms with Crippen molar-refractivity contribution >= 4 is 39.9 Å². The highest BCUT2D eigenvalue weighted by molar-refractivity contribution is 7.99. The molecule has 4 rings (SSSR count). The van der Waals surface area contributed by atoms with Crippen molar-refractivity contribution in [3.63, 3.8) is 0 Å². The number of amides is 1. The predicted molar refractivity (Wildman–Crippen MR) is 109 cm³/mol. The highest BCUT2D eigenvalue weighted by Gasteiger charge is 2.23. The first-order chi connectivity index (χ1) is 12.7. The number of carbonyl (C=O) groups excluding carboxylic acids is 1. The second kappa shape index (κ2) is 7.38. The lowest BCUT2D eigenvalue weighted by molar-refractivity contribution is 0.0773. The Morgan fingerprint density at radius 1 is 1.08 bits per heavy atom. The SMILES string of the molecule is Cc1ccc(Nc2c(C(=O)N3CCSCC3)cnc3ccccc23)cc1. The standard InChI is InChI=1S/C21H21N3OS/c1-15-6-8-16(9-7-15)23-20-17-4-2-3-5-19(17)22-14-18(20)21(25)24-10-12-26-13-11-24/h2-9,14H,10-13H2,1H3,(H,22,23). The molecule has 0 spiro atoms. The first kappa shape index (κ1) is 16.9. The van der Waals surface area contributed by atoms with E-state index in [-0.39, 0.29) is 5.91 Å². The van der Waals surface area contributed by atoms with Gasteiger partial charge in [-0.1, -0.05) is 35.9 Å². The minimum atomic E-state index is 0.0539. The minimum absolute atomic E-state index is 0.0539. The summed E-state index contributed by atoms with van der Waals surface area (Å²) >= 11 is 1.90. The predicted octanol–water partition coefficient (Wildman–Crippen LogP) is 4.48. The molecule has 1 saturated heterocycles. The van der Waals surface area contributed by atoms with Crippen LogP contribution in [0.5, 0.6) is 0 Å². The molecule has 0 unspecified atom stereocenters. The van der Waals surface area contributed by atoms with Crippen LogP contribution >= 0.6 is 11.8 Å². The number of hydrogen-bond donors (Lipinski definition) is 1. The van der Waals surface area contributed by atoms with Gasteiger partial charge in [0.15, 0.2) is 0 Å². The van der Waals surface area contributed by atoms with Crippen LogP contribution < -0.4 is 5.32 Å². The maximum atomic E-state index is 13.1. The Morgan fingerprint density at radius 3 is 2.58 bits per heavy atom. The zero-order valence-electron chi connectivity index (χ0n) is 14.7. The molecule has 1 fully saturated rings. The number of thioether (sulfide) groups is 1. The molecule has 0 radical (unpaired) electrons. The molecule has 5 heteroatoms. The summed E-state index contributed by atoms with van der Waals surface area (Å²) in [5.74, 6) is 2.04. The minimum Gasteiger partial charge on any atom is -0.354 e. The highest BCUT2D eigenvalue weighted by Crippen LogP contribution is 2.30. The third-order valence-corrected chi connectivity index (χ3v) is 5.57. The first-order valence-corrected chi connectivity index (χ1v) is 9.96. The Labute approximate surface area is 157 Å². The number of nitrogens with zero attached hydrogens (tertiary/aromatic N) is 2. The highest BCUT2D eigenvalue weighted by atomic mass is 32.2. The zero-order valence-corrected chi connectivity index (χ0v) is 15.6. The summed E-state index contributed by atoms with van der Waals surface area (Å²) in [6.45, 7) is 3.65. The molecule has 1 N–H and O–H groups in total. The molecule has 4 nitrogen and oxygen atoms in total. The van der Waals surface area contributed by atoms with Gasteiger partial charge in [-0.25, -0.2) is 0 Å². The Bertz CT molecular complexity index is 934. The number of nitrogens with one attached hydrogen (secondary N) is 1. The van der Waals surface area contributed by atoms with Crippen molar-refractivity contribution in [2.75, 3.05) is 29.9 Å². The Balaban J connectivity index is 1.78. The van der Waals surface area contributed by atoms with Crippen LogP contribution in [-0.2, 0) is 0 Å². The molecule has 3 aromatic rings. The van der Waals surface area contributed by atoms with Crippen LogP contribution in [0.3, 0.4) is 0 Å². The van der Waals surface area contributed by atoms with Crippen LogP contribution in [0.4, 0.5) is 11.4 Å². The number of aryl methyl sites for hydroxylation is 1. The van der Waals surface area contributed by atoms with E-state index in [1.807, 2.05) is 53.1 Å².